The van der Waals surface area contributed by atoms with Gasteiger partial charge in [-0.25, -0.2) is 4.79 Å². The number of amides is 3. The van der Waals surface area contributed by atoms with Crippen molar-refractivity contribution < 1.29 is 19.5 Å². The highest BCUT2D eigenvalue weighted by molar-refractivity contribution is 5.85. The van der Waals surface area contributed by atoms with E-state index in [0.29, 0.717) is 12.3 Å². The van der Waals surface area contributed by atoms with Gasteiger partial charge < -0.3 is 21.5 Å². The summed E-state index contributed by atoms with van der Waals surface area (Å²) in [6.45, 7) is 5.71. The highest BCUT2D eigenvalue weighted by Crippen LogP contribution is 2.14. The predicted molar refractivity (Wildman–Crippen MR) is 70.4 cm³/mol. The molecule has 2 unspecified atom stereocenters. The van der Waals surface area contributed by atoms with Crippen LogP contribution >= 0.6 is 0 Å². The monoisotopic (exact) mass is 273 g/mol. The first kappa shape index (κ1) is 17.2. The van der Waals surface area contributed by atoms with Crippen molar-refractivity contribution in [3.8, 4) is 0 Å². The fraction of sp³-hybridized carbons (Fsp3) is 0.750. The molecular weight excluding hydrogens is 250 g/mol. The van der Waals surface area contributed by atoms with Gasteiger partial charge in [0.15, 0.2) is 0 Å². The molecule has 0 heterocycles. The lowest BCUT2D eigenvalue weighted by Gasteiger charge is -2.18. The van der Waals surface area contributed by atoms with Crippen molar-refractivity contribution >= 4 is 17.9 Å². The summed E-state index contributed by atoms with van der Waals surface area (Å²) in [6.07, 6.45) is 0.710. The molecule has 0 saturated heterocycles. The first-order chi connectivity index (χ1) is 8.72. The van der Waals surface area contributed by atoms with Crippen LogP contribution in [0.1, 0.15) is 33.6 Å². The van der Waals surface area contributed by atoms with Crippen molar-refractivity contribution in [2.24, 2.45) is 17.6 Å². The summed E-state index contributed by atoms with van der Waals surface area (Å²) in [4.78, 5) is 32.9. The number of carbonyl (C=O) groups is 3. The van der Waals surface area contributed by atoms with Gasteiger partial charge in [0.1, 0.15) is 6.04 Å². The molecule has 0 rings (SSSR count). The molecule has 0 aromatic rings. The molecule has 0 aromatic heterocycles. The molecule has 0 aliphatic rings. The maximum Gasteiger partial charge on any atom is 0.315 e. The second-order valence-electron chi connectivity index (χ2n) is 5.07. The molecule has 0 fully saturated rings. The third-order valence-electron chi connectivity index (χ3n) is 2.59. The van der Waals surface area contributed by atoms with Gasteiger partial charge in [0.05, 0.1) is 0 Å². The number of hydrogen-bond acceptors (Lipinski definition) is 3. The highest BCUT2D eigenvalue weighted by Gasteiger charge is 2.17. The Morgan fingerprint density at radius 1 is 1.21 bits per heavy atom. The Kier molecular flexibility index (Phi) is 7.55. The molecule has 110 valence electrons. The number of carbonyl (C=O) groups excluding carboxylic acids is 2. The minimum absolute atomic E-state index is 0.00380. The van der Waals surface area contributed by atoms with E-state index in [4.69, 9.17) is 10.8 Å². The van der Waals surface area contributed by atoms with Crippen LogP contribution in [0.4, 0.5) is 4.79 Å². The van der Waals surface area contributed by atoms with E-state index in [2.05, 4.69) is 10.6 Å². The van der Waals surface area contributed by atoms with Crippen LogP contribution in [0.3, 0.4) is 0 Å². The van der Waals surface area contributed by atoms with Crippen LogP contribution < -0.4 is 16.4 Å². The zero-order valence-electron chi connectivity index (χ0n) is 11.6. The van der Waals surface area contributed by atoms with E-state index in [1.165, 1.54) is 6.92 Å². The van der Waals surface area contributed by atoms with E-state index in [1.54, 1.807) is 0 Å². The minimum atomic E-state index is -0.890. The quantitative estimate of drug-likeness (QED) is 0.508. The van der Waals surface area contributed by atoms with Crippen molar-refractivity contribution in [2.45, 2.75) is 39.7 Å². The van der Waals surface area contributed by atoms with Crippen LogP contribution in [0.15, 0.2) is 0 Å². The molecule has 7 heteroatoms. The van der Waals surface area contributed by atoms with Gasteiger partial charge in [-0.05, 0) is 25.2 Å². The van der Waals surface area contributed by atoms with E-state index < -0.39 is 23.9 Å². The Labute approximate surface area is 112 Å². The number of carboxylic acid groups (broad SMARTS) is 1. The fourth-order valence-corrected chi connectivity index (χ4v) is 1.71. The Morgan fingerprint density at radius 2 is 1.79 bits per heavy atom. The van der Waals surface area contributed by atoms with Gasteiger partial charge in [0.2, 0.25) is 5.91 Å². The van der Waals surface area contributed by atoms with Gasteiger partial charge in [0, 0.05) is 13.0 Å². The van der Waals surface area contributed by atoms with Crippen molar-refractivity contribution in [2.75, 3.05) is 6.54 Å². The van der Waals surface area contributed by atoms with Crippen LogP contribution in [-0.4, -0.2) is 35.6 Å². The maximum absolute atomic E-state index is 11.5. The molecule has 2 atom stereocenters. The van der Waals surface area contributed by atoms with Gasteiger partial charge in [-0.1, -0.05) is 13.8 Å². The number of nitrogens with one attached hydrogen (secondary N) is 2. The van der Waals surface area contributed by atoms with Gasteiger partial charge in [-0.3, -0.25) is 9.59 Å². The van der Waals surface area contributed by atoms with Gasteiger partial charge in [-0.2, -0.15) is 0 Å². The van der Waals surface area contributed by atoms with Crippen LogP contribution in [0.5, 0.6) is 0 Å². The molecule has 0 aromatic carbocycles. The zero-order chi connectivity index (χ0) is 15.0. The smallest absolute Gasteiger partial charge is 0.315 e. The Balaban J connectivity index is 4.19. The Bertz CT molecular complexity index is 331. The topological polar surface area (TPSA) is 122 Å². The maximum atomic E-state index is 11.5. The normalized spacial score (nSPS) is 13.7. The van der Waals surface area contributed by atoms with E-state index in [1.807, 2.05) is 13.8 Å². The van der Waals surface area contributed by atoms with Gasteiger partial charge >= 0.3 is 12.0 Å². The molecule has 0 saturated carbocycles. The number of hydrogen-bond donors (Lipinski definition) is 4. The van der Waals surface area contributed by atoms with E-state index >= 15 is 0 Å². The minimum Gasteiger partial charge on any atom is -0.481 e. The van der Waals surface area contributed by atoms with Crippen LogP contribution in [0.25, 0.3) is 0 Å². The van der Waals surface area contributed by atoms with Gasteiger partial charge in [-0.15, -0.1) is 0 Å². The molecule has 7 nitrogen and oxygen atoms in total. The van der Waals surface area contributed by atoms with Gasteiger partial charge in [0.25, 0.3) is 0 Å². The molecule has 3 amide bonds. The summed E-state index contributed by atoms with van der Waals surface area (Å²) in [5.41, 5.74) is 5.01. The molecule has 0 spiro atoms. The third kappa shape index (κ3) is 8.87. The first-order valence-electron chi connectivity index (χ1n) is 6.27. The number of primary amides is 1. The molecule has 0 aliphatic carbocycles. The number of carboxylic acids is 1. The van der Waals surface area contributed by atoms with Crippen LogP contribution in [0, 0.1) is 11.8 Å². The second kappa shape index (κ2) is 8.34. The van der Waals surface area contributed by atoms with Crippen molar-refractivity contribution in [1.29, 1.82) is 0 Å². The number of aliphatic carboxylic acids is 1. The summed E-state index contributed by atoms with van der Waals surface area (Å²) >= 11 is 0. The largest absolute Gasteiger partial charge is 0.481 e. The Morgan fingerprint density at radius 3 is 2.21 bits per heavy atom. The predicted octanol–water partition coefficient (Wildman–Crippen LogP) is 0.296. The lowest BCUT2D eigenvalue weighted by molar-refractivity contribution is -0.138. The van der Waals surface area contributed by atoms with E-state index in [9.17, 15) is 14.4 Å². The van der Waals surface area contributed by atoms with Crippen LogP contribution in [0.2, 0.25) is 0 Å². The van der Waals surface area contributed by atoms with E-state index in [0.717, 1.165) is 0 Å². The molecule has 0 aliphatic heterocycles. The lowest BCUT2D eigenvalue weighted by atomic mass is 9.94. The summed E-state index contributed by atoms with van der Waals surface area (Å²) in [5, 5.41) is 13.7. The average molecular weight is 273 g/mol. The number of rotatable bonds is 8. The zero-order valence-corrected chi connectivity index (χ0v) is 11.6. The molecule has 0 bridgehead atoms. The van der Waals surface area contributed by atoms with E-state index in [-0.39, 0.29) is 18.9 Å². The average Bonchev–Trinajstić information content (AvgIpc) is 2.24. The highest BCUT2D eigenvalue weighted by atomic mass is 16.4. The summed E-state index contributed by atoms with van der Waals surface area (Å²) in [5.74, 6) is -1.30. The SMILES string of the molecule is CC(C)CC(CNC(=O)NC(C)C(N)=O)CC(=O)O. The molecular formula is C12H23N3O4. The Hall–Kier alpha value is -1.79. The summed E-state index contributed by atoms with van der Waals surface area (Å²) in [6, 6.07) is -1.28. The third-order valence-corrected chi connectivity index (χ3v) is 2.59. The second-order valence-corrected chi connectivity index (χ2v) is 5.07. The fourth-order valence-electron chi connectivity index (χ4n) is 1.71. The molecule has 0 radical (unpaired) electrons. The van der Waals surface area contributed by atoms with Crippen LogP contribution in [-0.2, 0) is 9.59 Å². The lowest BCUT2D eigenvalue weighted by Crippen LogP contribution is -2.47. The standard InChI is InChI=1S/C12H23N3O4/c1-7(2)4-9(5-10(16)17)6-14-12(19)15-8(3)11(13)18/h7-9H,4-6H2,1-3H3,(H2,13,18)(H,16,17)(H2,14,15,19). The summed E-state index contributed by atoms with van der Waals surface area (Å²) < 4.78 is 0. The van der Waals surface area contributed by atoms with Crippen molar-refractivity contribution in [1.82, 2.24) is 10.6 Å². The molecule has 19 heavy (non-hydrogen) atoms. The van der Waals surface area contributed by atoms with Crippen molar-refractivity contribution in [3.05, 3.63) is 0 Å². The number of nitrogens with two attached hydrogens (primary N) is 1. The first-order valence-corrected chi connectivity index (χ1v) is 6.27. The summed E-state index contributed by atoms with van der Waals surface area (Å²) in [7, 11) is 0. The molecule has 5 N–H and O–H groups in total. The number of urea groups is 1. The van der Waals surface area contributed by atoms with Crippen molar-refractivity contribution in [3.63, 3.8) is 0 Å².